The van der Waals surface area contributed by atoms with E-state index in [2.05, 4.69) is 42.2 Å². The number of hydrogen-bond acceptors (Lipinski definition) is 13. The van der Waals surface area contributed by atoms with Crippen molar-refractivity contribution in [3.05, 3.63) is 0 Å². The van der Waals surface area contributed by atoms with Gasteiger partial charge in [-0.2, -0.15) is 0 Å². The topological polar surface area (TPSA) is 426 Å². The van der Waals surface area contributed by atoms with Gasteiger partial charge in [-0.05, 0) is 76.8 Å². The molecule has 1 fully saturated rings. The molecular weight excluding hydrogens is 810 g/mol. The lowest BCUT2D eigenvalue weighted by Gasteiger charge is -2.27. The predicted octanol–water partition coefficient (Wildman–Crippen LogP) is -4.23. The summed E-state index contributed by atoms with van der Waals surface area (Å²) in [5, 5.41) is 54.9. The second-order valence-corrected chi connectivity index (χ2v) is 14.8. The zero-order valence-corrected chi connectivity index (χ0v) is 34.3. The van der Waals surface area contributed by atoms with Crippen LogP contribution in [-0.4, -0.2) is 148 Å². The smallest absolute Gasteiger partial charge is 0.326 e. The number of nitrogens with zero attached hydrogens (tertiary/aromatic N) is 1. The summed E-state index contributed by atoms with van der Waals surface area (Å²) in [5.74, 6) is -12.5. The van der Waals surface area contributed by atoms with Gasteiger partial charge in [0, 0.05) is 13.0 Å². The lowest BCUT2D eigenvalue weighted by molar-refractivity contribution is -0.144. The van der Waals surface area contributed by atoms with Crippen LogP contribution in [0.4, 0.5) is 0 Å². The zero-order chi connectivity index (χ0) is 46.2. The van der Waals surface area contributed by atoms with E-state index < -0.39 is 121 Å². The quantitative estimate of drug-likeness (QED) is 0.0185. The Kier molecular flexibility index (Phi) is 23.9. The Hall–Kier alpha value is -6.11. The molecule has 0 bridgehead atoms. The van der Waals surface area contributed by atoms with Crippen LogP contribution < -0.4 is 54.4 Å². The van der Waals surface area contributed by atoms with Crippen LogP contribution in [0, 0.1) is 5.92 Å². The minimum absolute atomic E-state index is 0.0156. The molecule has 1 rings (SSSR count). The Morgan fingerprint density at radius 3 is 1.49 bits per heavy atom. The molecule has 0 aromatic rings. The van der Waals surface area contributed by atoms with Crippen LogP contribution in [0.1, 0.15) is 90.9 Å². The molecule has 1 saturated heterocycles. The van der Waals surface area contributed by atoms with Crippen LogP contribution in [0.25, 0.3) is 0 Å². The summed E-state index contributed by atoms with van der Waals surface area (Å²) in [6.45, 7) is 4.14. The highest BCUT2D eigenvalue weighted by atomic mass is 16.4. The zero-order valence-electron chi connectivity index (χ0n) is 34.3. The number of aliphatic carboxylic acids is 4. The number of hydrogen-bond donors (Lipinski definition) is 14. The van der Waals surface area contributed by atoms with Crippen LogP contribution in [0.3, 0.4) is 0 Å². The van der Waals surface area contributed by atoms with E-state index in [1.54, 1.807) is 13.8 Å². The number of guanidine groups is 1. The van der Waals surface area contributed by atoms with Gasteiger partial charge >= 0.3 is 23.9 Å². The third kappa shape index (κ3) is 21.6. The van der Waals surface area contributed by atoms with Crippen molar-refractivity contribution in [1.82, 2.24) is 37.2 Å². The molecule has 1 aliphatic rings. The number of carboxylic acids is 4. The minimum Gasteiger partial charge on any atom is -0.481 e. The van der Waals surface area contributed by atoms with Crippen molar-refractivity contribution in [3.63, 3.8) is 0 Å². The van der Waals surface area contributed by atoms with Crippen LogP contribution in [0.15, 0.2) is 4.99 Å². The molecule has 0 saturated carbocycles. The van der Waals surface area contributed by atoms with Gasteiger partial charge in [0.15, 0.2) is 5.96 Å². The number of carbonyl (C=O) groups excluding carboxylic acids is 6. The molecule has 0 unspecified atom stereocenters. The fourth-order valence-electron chi connectivity index (χ4n) is 6.07. The lowest BCUT2D eigenvalue weighted by atomic mass is 10.0. The molecule has 0 aliphatic carbocycles. The number of nitrogens with one attached hydrogen (secondary N) is 7. The average molecular weight is 872 g/mol. The Morgan fingerprint density at radius 1 is 0.623 bits per heavy atom. The van der Waals surface area contributed by atoms with Crippen LogP contribution in [0.2, 0.25) is 0 Å². The summed E-state index contributed by atoms with van der Waals surface area (Å²) in [6, 6.07) is -10.4. The molecule has 0 radical (unpaired) electrons. The van der Waals surface area contributed by atoms with Gasteiger partial charge in [0.2, 0.25) is 35.4 Å². The van der Waals surface area contributed by atoms with Gasteiger partial charge in [-0.3, -0.25) is 48.1 Å². The van der Waals surface area contributed by atoms with E-state index in [9.17, 15) is 68.4 Å². The van der Waals surface area contributed by atoms with Crippen molar-refractivity contribution < 1.29 is 68.4 Å². The number of amides is 6. The standard InChI is InChI=1S/C36H61N11O14/c1-18(2)15-25(35(60)61)47-31(56)21(9-6-14-41-36(38)39)43-33(58)23(16-27(50)51)46-34(59)24(17-28(52)53)45-30(55)20(7-3-4-12-37)42-32(57)22(10-11-26(48)49)44-29(54)19-8-5-13-40-19/h18-25,40H,3-17,37H2,1-2H3,(H,42,57)(H,43,58)(H,44,54)(H,45,55)(H,46,59)(H,47,56)(H,48,49)(H,50,51)(H,52,53)(H,60,61)(H4,38,39,41)/t19-,20-,21-,22-,23-,24-,25-/m0/s1. The predicted molar refractivity (Wildman–Crippen MR) is 214 cm³/mol. The first-order valence-corrected chi connectivity index (χ1v) is 19.8. The maximum atomic E-state index is 13.7. The van der Waals surface area contributed by atoms with Crippen molar-refractivity contribution in [3.8, 4) is 0 Å². The van der Waals surface area contributed by atoms with Gasteiger partial charge in [-0.25, -0.2) is 4.79 Å². The molecule has 25 nitrogen and oxygen atoms in total. The fraction of sp³-hybridized carbons (Fsp3) is 0.694. The van der Waals surface area contributed by atoms with Crippen molar-refractivity contribution in [2.45, 2.75) is 133 Å². The van der Waals surface area contributed by atoms with Gasteiger partial charge in [0.25, 0.3) is 0 Å². The van der Waals surface area contributed by atoms with Crippen LogP contribution >= 0.6 is 0 Å². The van der Waals surface area contributed by atoms with Gasteiger partial charge < -0.3 is 74.8 Å². The Bertz CT molecular complexity index is 1580. The summed E-state index contributed by atoms with van der Waals surface area (Å²) in [7, 11) is 0. The van der Waals surface area contributed by atoms with Gasteiger partial charge in [-0.15, -0.1) is 0 Å². The first kappa shape index (κ1) is 52.9. The second kappa shape index (κ2) is 27.6. The van der Waals surface area contributed by atoms with E-state index in [1.165, 1.54) is 0 Å². The Morgan fingerprint density at radius 2 is 1.08 bits per heavy atom. The highest BCUT2D eigenvalue weighted by molar-refractivity contribution is 5.99. The number of nitrogens with two attached hydrogens (primary N) is 3. The molecule has 61 heavy (non-hydrogen) atoms. The summed E-state index contributed by atoms with van der Waals surface area (Å²) in [5.41, 5.74) is 16.3. The van der Waals surface area contributed by atoms with Gasteiger partial charge in [-0.1, -0.05) is 13.8 Å². The number of rotatable bonds is 30. The average Bonchev–Trinajstić information content (AvgIpc) is 3.71. The molecule has 17 N–H and O–H groups in total. The van der Waals surface area contributed by atoms with Crippen molar-refractivity contribution in [2.75, 3.05) is 19.6 Å². The van der Waals surface area contributed by atoms with Crippen LogP contribution in [0.5, 0.6) is 0 Å². The maximum Gasteiger partial charge on any atom is 0.326 e. The van der Waals surface area contributed by atoms with E-state index in [4.69, 9.17) is 17.2 Å². The number of unbranched alkanes of at least 4 members (excludes halogenated alkanes) is 1. The van der Waals surface area contributed by atoms with Crippen molar-refractivity contribution in [1.29, 1.82) is 0 Å². The van der Waals surface area contributed by atoms with Gasteiger partial charge in [0.05, 0.1) is 18.9 Å². The molecule has 1 heterocycles. The first-order chi connectivity index (χ1) is 28.6. The van der Waals surface area contributed by atoms with Gasteiger partial charge in [0.1, 0.15) is 36.3 Å². The fourth-order valence-corrected chi connectivity index (χ4v) is 6.07. The molecule has 1 aliphatic heterocycles. The SMILES string of the molecule is CC(C)C[C@H](NC(=O)[C@H](CCCN=C(N)N)NC(=O)[C@H](CC(=O)O)NC(=O)[C@H](CC(=O)O)NC(=O)[C@H](CCCCN)NC(=O)[C@H](CCC(=O)O)NC(=O)[C@@H]1CCCN1)C(=O)O. The van der Waals surface area contributed by atoms with Crippen LogP contribution in [-0.2, 0) is 47.9 Å². The molecule has 7 atom stereocenters. The second-order valence-electron chi connectivity index (χ2n) is 14.8. The molecule has 0 spiro atoms. The summed E-state index contributed by atoms with van der Waals surface area (Å²) >= 11 is 0. The summed E-state index contributed by atoms with van der Waals surface area (Å²) < 4.78 is 0. The number of carbonyl (C=O) groups is 10. The largest absolute Gasteiger partial charge is 0.481 e. The Labute approximate surface area is 351 Å². The molecule has 25 heteroatoms. The number of aliphatic imine (C=N–C) groups is 1. The number of carboxylic acid groups (broad SMARTS) is 4. The van der Waals surface area contributed by atoms with E-state index in [0.29, 0.717) is 25.8 Å². The van der Waals surface area contributed by atoms with E-state index >= 15 is 0 Å². The third-order valence-electron chi connectivity index (χ3n) is 9.16. The molecule has 6 amide bonds. The highest BCUT2D eigenvalue weighted by Gasteiger charge is 2.35. The Balaban J connectivity index is 3.37. The maximum absolute atomic E-state index is 13.7. The van der Waals surface area contributed by atoms with E-state index in [1.807, 2.05) is 0 Å². The van der Waals surface area contributed by atoms with E-state index in [-0.39, 0.29) is 63.5 Å². The lowest BCUT2D eigenvalue weighted by Crippen LogP contribution is -2.60. The first-order valence-electron chi connectivity index (χ1n) is 19.8. The summed E-state index contributed by atoms with van der Waals surface area (Å²) in [6.07, 6.45) is -1.57. The molecule has 0 aromatic heterocycles. The molecular formula is C36H61N11O14. The highest BCUT2D eigenvalue weighted by Crippen LogP contribution is 2.11. The summed E-state index contributed by atoms with van der Waals surface area (Å²) in [4.78, 5) is 131. The third-order valence-corrected chi connectivity index (χ3v) is 9.16. The monoisotopic (exact) mass is 871 g/mol. The minimum atomic E-state index is -1.98. The van der Waals surface area contributed by atoms with Crippen molar-refractivity contribution >= 4 is 65.3 Å². The van der Waals surface area contributed by atoms with Crippen molar-refractivity contribution in [2.24, 2.45) is 28.1 Å². The molecule has 0 aromatic carbocycles. The van der Waals surface area contributed by atoms with E-state index in [0.717, 1.165) is 0 Å². The molecule has 344 valence electrons. The normalized spacial score (nSPS) is 16.3.